The molecule has 4 heteroatoms. The molecule has 1 aromatic heterocycles. The maximum Gasteiger partial charge on any atom is 0.235 e. The molecule has 0 amide bonds. The summed E-state index contributed by atoms with van der Waals surface area (Å²) in [6.07, 6.45) is 3.68. The Morgan fingerprint density at radius 2 is 1.71 bits per heavy atom. The van der Waals surface area contributed by atoms with Gasteiger partial charge in [0.05, 0.1) is 0 Å². The third-order valence-electron chi connectivity index (χ3n) is 3.56. The minimum atomic E-state index is 0.293. The van der Waals surface area contributed by atoms with Gasteiger partial charge in [0, 0.05) is 19.7 Å². The first-order valence-corrected chi connectivity index (χ1v) is 7.65. The zero-order chi connectivity index (χ0) is 16.8. The van der Waals surface area contributed by atoms with E-state index in [1.807, 2.05) is 78.7 Å². The van der Waals surface area contributed by atoms with E-state index in [9.17, 15) is 5.26 Å². The molecule has 24 heavy (non-hydrogen) atoms. The molecule has 0 spiro atoms. The summed E-state index contributed by atoms with van der Waals surface area (Å²) in [5.41, 5.74) is 2.48. The molecule has 0 radical (unpaired) electrons. The van der Waals surface area contributed by atoms with Crippen LogP contribution in [0.4, 0.5) is 5.88 Å². The molecule has 0 N–H and O–H groups in total. The van der Waals surface area contributed by atoms with Crippen molar-refractivity contribution < 1.29 is 4.42 Å². The number of nitrogens with zero attached hydrogens (tertiary/aromatic N) is 3. The third-order valence-corrected chi connectivity index (χ3v) is 3.56. The number of anilines is 1. The van der Waals surface area contributed by atoms with Crippen molar-refractivity contribution in [3.8, 4) is 6.07 Å². The second-order valence-corrected chi connectivity index (χ2v) is 5.40. The number of rotatable bonds is 5. The Labute approximate surface area is 141 Å². The SMILES string of the molecule is CN(Cc1ccccc1)c1oc(/C=C/c2ccccc2)nc1C#N. The van der Waals surface area contributed by atoms with Crippen LogP contribution in [0.15, 0.2) is 65.1 Å². The molecule has 0 saturated carbocycles. The second kappa shape index (κ2) is 7.30. The van der Waals surface area contributed by atoms with Gasteiger partial charge in [-0.1, -0.05) is 60.7 Å². The predicted molar refractivity (Wildman–Crippen MR) is 95.1 cm³/mol. The van der Waals surface area contributed by atoms with Crippen molar-refractivity contribution in [2.75, 3.05) is 11.9 Å². The molecule has 0 bridgehead atoms. The summed E-state index contributed by atoms with van der Waals surface area (Å²) >= 11 is 0. The molecule has 1 heterocycles. The fourth-order valence-corrected chi connectivity index (χ4v) is 2.39. The maximum atomic E-state index is 9.31. The largest absolute Gasteiger partial charge is 0.420 e. The van der Waals surface area contributed by atoms with Crippen molar-refractivity contribution in [2.45, 2.75) is 6.54 Å². The lowest BCUT2D eigenvalue weighted by atomic mass is 10.2. The first-order valence-electron chi connectivity index (χ1n) is 7.65. The summed E-state index contributed by atoms with van der Waals surface area (Å²) in [5, 5.41) is 9.31. The van der Waals surface area contributed by atoms with Crippen LogP contribution in [0, 0.1) is 11.3 Å². The van der Waals surface area contributed by atoms with Crippen molar-refractivity contribution in [1.82, 2.24) is 4.98 Å². The van der Waals surface area contributed by atoms with E-state index < -0.39 is 0 Å². The van der Waals surface area contributed by atoms with Crippen LogP contribution < -0.4 is 4.90 Å². The van der Waals surface area contributed by atoms with E-state index in [1.165, 1.54) is 0 Å². The monoisotopic (exact) mass is 315 g/mol. The average Bonchev–Trinajstić information content (AvgIpc) is 3.05. The van der Waals surface area contributed by atoms with Gasteiger partial charge in [0.1, 0.15) is 6.07 Å². The predicted octanol–water partition coefficient (Wildman–Crippen LogP) is 4.35. The van der Waals surface area contributed by atoms with Gasteiger partial charge < -0.3 is 9.32 Å². The van der Waals surface area contributed by atoms with Crippen molar-refractivity contribution in [1.29, 1.82) is 5.26 Å². The number of hydrogen-bond donors (Lipinski definition) is 0. The fraction of sp³-hybridized carbons (Fsp3) is 0.100. The molecule has 0 saturated heterocycles. The minimum absolute atomic E-state index is 0.293. The molecule has 0 aliphatic heterocycles. The lowest BCUT2D eigenvalue weighted by Gasteiger charge is -2.15. The van der Waals surface area contributed by atoms with Gasteiger partial charge in [-0.2, -0.15) is 10.2 Å². The Morgan fingerprint density at radius 1 is 1.04 bits per heavy atom. The minimum Gasteiger partial charge on any atom is -0.420 e. The second-order valence-electron chi connectivity index (χ2n) is 5.40. The highest BCUT2D eigenvalue weighted by Gasteiger charge is 2.16. The molecule has 0 aliphatic rings. The zero-order valence-corrected chi connectivity index (χ0v) is 13.4. The highest BCUT2D eigenvalue weighted by atomic mass is 16.4. The Morgan fingerprint density at radius 3 is 2.38 bits per heavy atom. The standard InChI is InChI=1S/C20H17N3O/c1-23(15-17-10-6-3-7-11-17)20-18(14-21)22-19(24-20)13-12-16-8-4-2-5-9-16/h2-13H,15H2,1H3/b13-12+. The number of benzene rings is 2. The number of nitriles is 1. The number of hydrogen-bond acceptors (Lipinski definition) is 4. The zero-order valence-electron chi connectivity index (χ0n) is 13.4. The van der Waals surface area contributed by atoms with E-state index in [1.54, 1.807) is 6.08 Å². The molecule has 0 atom stereocenters. The van der Waals surface area contributed by atoms with Crippen LogP contribution >= 0.6 is 0 Å². The highest BCUT2D eigenvalue weighted by molar-refractivity contribution is 5.67. The molecule has 0 unspecified atom stereocenters. The van der Waals surface area contributed by atoms with E-state index >= 15 is 0 Å². The molecule has 3 aromatic rings. The number of aromatic nitrogens is 1. The van der Waals surface area contributed by atoms with E-state index in [-0.39, 0.29) is 0 Å². The van der Waals surface area contributed by atoms with E-state index in [0.717, 1.165) is 11.1 Å². The molecule has 0 fully saturated rings. The smallest absolute Gasteiger partial charge is 0.235 e. The maximum absolute atomic E-state index is 9.31. The summed E-state index contributed by atoms with van der Waals surface area (Å²) in [7, 11) is 1.89. The van der Waals surface area contributed by atoms with Crippen LogP contribution in [-0.2, 0) is 6.54 Å². The Kier molecular flexibility index (Phi) is 4.73. The van der Waals surface area contributed by atoms with E-state index in [4.69, 9.17) is 4.42 Å². The normalized spacial score (nSPS) is 10.7. The summed E-state index contributed by atoms with van der Waals surface area (Å²) in [6, 6.07) is 22.0. The van der Waals surface area contributed by atoms with Crippen LogP contribution in [0.5, 0.6) is 0 Å². The molecule has 2 aromatic carbocycles. The lowest BCUT2D eigenvalue weighted by molar-refractivity contribution is 0.536. The fourth-order valence-electron chi connectivity index (χ4n) is 2.39. The van der Waals surface area contributed by atoms with Gasteiger partial charge in [-0.3, -0.25) is 0 Å². The van der Waals surface area contributed by atoms with Crippen molar-refractivity contribution in [3.63, 3.8) is 0 Å². The van der Waals surface area contributed by atoms with E-state index in [2.05, 4.69) is 11.1 Å². The molecule has 4 nitrogen and oxygen atoms in total. The van der Waals surface area contributed by atoms with Crippen molar-refractivity contribution >= 4 is 18.0 Å². The number of oxazole rings is 1. The lowest BCUT2D eigenvalue weighted by Crippen LogP contribution is -2.16. The average molecular weight is 315 g/mol. The van der Waals surface area contributed by atoms with Crippen molar-refractivity contribution in [2.24, 2.45) is 0 Å². The van der Waals surface area contributed by atoms with Crippen LogP contribution in [0.1, 0.15) is 22.7 Å². The Bertz CT molecular complexity index is 861. The topological polar surface area (TPSA) is 53.1 Å². The summed E-state index contributed by atoms with van der Waals surface area (Å²) in [5.74, 6) is 0.902. The molecular weight excluding hydrogens is 298 g/mol. The van der Waals surface area contributed by atoms with Crippen LogP contribution in [0.3, 0.4) is 0 Å². The van der Waals surface area contributed by atoms with E-state index in [0.29, 0.717) is 24.0 Å². The molecule has 0 aliphatic carbocycles. The summed E-state index contributed by atoms with van der Waals surface area (Å²) in [4.78, 5) is 6.14. The van der Waals surface area contributed by atoms with Gasteiger partial charge in [-0.05, 0) is 17.2 Å². The third kappa shape index (κ3) is 3.71. The van der Waals surface area contributed by atoms with Crippen LogP contribution in [-0.4, -0.2) is 12.0 Å². The van der Waals surface area contributed by atoms with Crippen LogP contribution in [0.2, 0.25) is 0 Å². The van der Waals surface area contributed by atoms with Gasteiger partial charge in [0.15, 0.2) is 0 Å². The Balaban J connectivity index is 1.80. The van der Waals surface area contributed by atoms with Crippen molar-refractivity contribution in [3.05, 3.63) is 83.4 Å². The summed E-state index contributed by atoms with van der Waals surface area (Å²) < 4.78 is 5.77. The first kappa shape index (κ1) is 15.6. The first-order chi connectivity index (χ1) is 11.8. The quantitative estimate of drug-likeness (QED) is 0.702. The van der Waals surface area contributed by atoms with Gasteiger partial charge in [0.25, 0.3) is 0 Å². The van der Waals surface area contributed by atoms with Gasteiger partial charge in [-0.15, -0.1) is 0 Å². The van der Waals surface area contributed by atoms with Gasteiger partial charge in [-0.25, -0.2) is 0 Å². The summed E-state index contributed by atoms with van der Waals surface area (Å²) in [6.45, 7) is 0.645. The van der Waals surface area contributed by atoms with Gasteiger partial charge >= 0.3 is 0 Å². The molecule has 118 valence electrons. The molecule has 3 rings (SSSR count). The van der Waals surface area contributed by atoms with Gasteiger partial charge in [0.2, 0.25) is 17.5 Å². The Hall–Kier alpha value is -3.32. The van der Waals surface area contributed by atoms with Crippen LogP contribution in [0.25, 0.3) is 12.2 Å². The molecular formula is C20H17N3O. The highest BCUT2D eigenvalue weighted by Crippen LogP contribution is 2.23.